The number of thiocarbonyl (C=S) groups is 1. The van der Waals surface area contributed by atoms with Crippen molar-refractivity contribution in [3.63, 3.8) is 0 Å². The van der Waals surface area contributed by atoms with Crippen LogP contribution >= 0.6 is 23.8 Å². The summed E-state index contributed by atoms with van der Waals surface area (Å²) in [6.07, 6.45) is 1.55. The van der Waals surface area contributed by atoms with Crippen LogP contribution in [0.15, 0.2) is 41.5 Å². The molecule has 0 aliphatic heterocycles. The van der Waals surface area contributed by atoms with Crippen molar-refractivity contribution < 1.29 is 9.47 Å². The second-order valence-electron chi connectivity index (χ2n) is 6.31. The highest BCUT2D eigenvalue weighted by molar-refractivity contribution is 7.80. The standard InChI is InChI=1S/C20H24ClN3O2S/c1-13(2)17-6-4-14(3)10-19(17)26-9-8-25-18-7-5-16(21)11-15(18)12-23-24-20(22)27/h4-7,10-13H,8-9H2,1-3H3,(H3,22,24,27)/b23-12-. The molecule has 0 radical (unpaired) electrons. The molecule has 0 spiro atoms. The van der Waals surface area contributed by atoms with E-state index in [1.807, 2.05) is 6.92 Å². The molecule has 5 nitrogen and oxygen atoms in total. The molecule has 0 aliphatic carbocycles. The lowest BCUT2D eigenvalue weighted by atomic mass is 10.0. The van der Waals surface area contributed by atoms with E-state index in [1.165, 1.54) is 5.56 Å². The van der Waals surface area contributed by atoms with Gasteiger partial charge in [0.2, 0.25) is 0 Å². The quantitative estimate of drug-likeness (QED) is 0.295. The summed E-state index contributed by atoms with van der Waals surface area (Å²) in [5.74, 6) is 1.93. The maximum Gasteiger partial charge on any atom is 0.184 e. The van der Waals surface area contributed by atoms with E-state index in [0.29, 0.717) is 35.5 Å². The Hall–Kier alpha value is -2.31. The molecule has 0 aliphatic rings. The van der Waals surface area contributed by atoms with Crippen LogP contribution in [0.25, 0.3) is 0 Å². The van der Waals surface area contributed by atoms with Gasteiger partial charge in [0.15, 0.2) is 5.11 Å². The van der Waals surface area contributed by atoms with E-state index in [2.05, 4.69) is 42.6 Å². The summed E-state index contributed by atoms with van der Waals surface area (Å²) < 4.78 is 11.8. The van der Waals surface area contributed by atoms with Gasteiger partial charge in [-0.3, -0.25) is 5.43 Å². The summed E-state index contributed by atoms with van der Waals surface area (Å²) in [5.41, 5.74) is 10.9. The third-order valence-electron chi connectivity index (χ3n) is 3.74. The molecular weight excluding hydrogens is 382 g/mol. The summed E-state index contributed by atoms with van der Waals surface area (Å²) in [7, 11) is 0. The molecule has 2 rings (SSSR count). The second kappa shape index (κ2) is 10.1. The van der Waals surface area contributed by atoms with E-state index in [0.717, 1.165) is 11.3 Å². The first-order chi connectivity index (χ1) is 12.9. The van der Waals surface area contributed by atoms with Gasteiger partial charge >= 0.3 is 0 Å². The van der Waals surface area contributed by atoms with Crippen molar-refractivity contribution in [1.82, 2.24) is 5.43 Å². The summed E-state index contributed by atoms with van der Waals surface area (Å²) in [5, 5.41) is 4.61. The minimum atomic E-state index is 0.0863. The molecule has 27 heavy (non-hydrogen) atoms. The Balaban J connectivity index is 1.99. The van der Waals surface area contributed by atoms with Gasteiger partial charge in [0.1, 0.15) is 24.7 Å². The van der Waals surface area contributed by atoms with Gasteiger partial charge in [0.05, 0.1) is 6.21 Å². The number of hydrogen-bond donors (Lipinski definition) is 2. The maximum atomic E-state index is 6.05. The maximum absolute atomic E-state index is 6.05. The molecule has 0 bridgehead atoms. The molecule has 0 unspecified atom stereocenters. The van der Waals surface area contributed by atoms with Crippen molar-refractivity contribution in [3.8, 4) is 11.5 Å². The van der Waals surface area contributed by atoms with Crippen molar-refractivity contribution in [3.05, 3.63) is 58.1 Å². The summed E-state index contributed by atoms with van der Waals surface area (Å²) in [6, 6.07) is 11.6. The first-order valence-electron chi connectivity index (χ1n) is 8.61. The van der Waals surface area contributed by atoms with Gasteiger partial charge in [-0.25, -0.2) is 0 Å². The van der Waals surface area contributed by atoms with Crippen LogP contribution in [-0.4, -0.2) is 24.5 Å². The minimum Gasteiger partial charge on any atom is -0.490 e. The van der Waals surface area contributed by atoms with Gasteiger partial charge in [-0.05, 0) is 60.5 Å². The van der Waals surface area contributed by atoms with Gasteiger partial charge in [0, 0.05) is 10.6 Å². The molecule has 7 heteroatoms. The lowest BCUT2D eigenvalue weighted by molar-refractivity contribution is 0.215. The molecule has 0 saturated heterocycles. The van der Waals surface area contributed by atoms with E-state index in [1.54, 1.807) is 24.4 Å². The topological polar surface area (TPSA) is 68.9 Å². The van der Waals surface area contributed by atoms with E-state index in [4.69, 9.17) is 39.0 Å². The molecule has 0 aromatic heterocycles. The first kappa shape index (κ1) is 21.0. The van der Waals surface area contributed by atoms with Crippen molar-refractivity contribution in [2.24, 2.45) is 10.8 Å². The third-order valence-corrected chi connectivity index (χ3v) is 4.07. The van der Waals surface area contributed by atoms with Crippen LogP contribution < -0.4 is 20.6 Å². The molecule has 2 aromatic rings. The van der Waals surface area contributed by atoms with Crippen LogP contribution in [-0.2, 0) is 0 Å². The van der Waals surface area contributed by atoms with E-state index in [9.17, 15) is 0 Å². The molecule has 0 saturated carbocycles. The molecule has 144 valence electrons. The molecule has 0 amide bonds. The fourth-order valence-corrected chi connectivity index (χ4v) is 2.70. The van der Waals surface area contributed by atoms with Crippen LogP contribution in [0, 0.1) is 6.92 Å². The van der Waals surface area contributed by atoms with Gasteiger partial charge in [-0.1, -0.05) is 37.6 Å². The zero-order valence-electron chi connectivity index (χ0n) is 15.7. The lowest BCUT2D eigenvalue weighted by Gasteiger charge is -2.15. The number of aryl methyl sites for hydroxylation is 1. The van der Waals surface area contributed by atoms with Crippen LogP contribution in [0.1, 0.15) is 36.5 Å². The highest BCUT2D eigenvalue weighted by atomic mass is 35.5. The van der Waals surface area contributed by atoms with Gasteiger partial charge < -0.3 is 15.2 Å². The summed E-state index contributed by atoms with van der Waals surface area (Å²) >= 11 is 10.8. The fourth-order valence-electron chi connectivity index (χ4n) is 2.46. The van der Waals surface area contributed by atoms with Gasteiger partial charge in [-0.2, -0.15) is 5.10 Å². The number of ether oxygens (including phenoxy) is 2. The normalized spacial score (nSPS) is 11.0. The number of nitrogens with two attached hydrogens (primary N) is 1. The Bertz CT molecular complexity index is 825. The minimum absolute atomic E-state index is 0.0863. The van der Waals surface area contributed by atoms with E-state index >= 15 is 0 Å². The van der Waals surface area contributed by atoms with Crippen molar-refractivity contribution in [2.45, 2.75) is 26.7 Å². The van der Waals surface area contributed by atoms with Crippen LogP contribution in [0.2, 0.25) is 5.02 Å². The zero-order valence-corrected chi connectivity index (χ0v) is 17.2. The number of rotatable bonds is 8. The Morgan fingerprint density at radius 2 is 1.89 bits per heavy atom. The molecule has 0 fully saturated rings. The largest absolute Gasteiger partial charge is 0.490 e. The predicted octanol–water partition coefficient (Wildman–Crippen LogP) is 4.40. The average molecular weight is 406 g/mol. The first-order valence-corrected chi connectivity index (χ1v) is 9.39. The third kappa shape index (κ3) is 6.73. The van der Waals surface area contributed by atoms with Crippen molar-refractivity contribution in [2.75, 3.05) is 13.2 Å². The molecule has 2 aromatic carbocycles. The summed E-state index contributed by atoms with van der Waals surface area (Å²) in [6.45, 7) is 7.15. The Labute approximate surface area is 170 Å². The van der Waals surface area contributed by atoms with E-state index < -0.39 is 0 Å². The smallest absolute Gasteiger partial charge is 0.184 e. The molecule has 3 N–H and O–H groups in total. The van der Waals surface area contributed by atoms with Crippen molar-refractivity contribution >= 4 is 35.1 Å². The van der Waals surface area contributed by atoms with Crippen molar-refractivity contribution in [1.29, 1.82) is 0 Å². The predicted molar refractivity (Wildman–Crippen MR) is 115 cm³/mol. The SMILES string of the molecule is Cc1ccc(C(C)C)c(OCCOc2ccc(Cl)cc2/C=N\NC(N)=S)c1. The number of halogens is 1. The number of hydrogen-bond acceptors (Lipinski definition) is 4. The van der Waals surface area contributed by atoms with Crippen LogP contribution in [0.3, 0.4) is 0 Å². The van der Waals surface area contributed by atoms with Gasteiger partial charge in [-0.15, -0.1) is 0 Å². The van der Waals surface area contributed by atoms with E-state index in [-0.39, 0.29) is 5.11 Å². The van der Waals surface area contributed by atoms with Crippen LogP contribution in [0.5, 0.6) is 11.5 Å². The summed E-state index contributed by atoms with van der Waals surface area (Å²) in [4.78, 5) is 0. The molecule has 0 heterocycles. The van der Waals surface area contributed by atoms with Crippen LogP contribution in [0.4, 0.5) is 0 Å². The molecule has 0 atom stereocenters. The number of nitrogens with zero attached hydrogens (tertiary/aromatic N) is 1. The zero-order chi connectivity index (χ0) is 19.8. The molecular formula is C20H24ClN3O2S. The average Bonchev–Trinajstić information content (AvgIpc) is 2.59. The second-order valence-corrected chi connectivity index (χ2v) is 7.19. The number of nitrogens with one attached hydrogen (secondary N) is 1. The number of hydrazone groups is 1. The Morgan fingerprint density at radius 1 is 1.19 bits per heavy atom. The fraction of sp³-hybridized carbons (Fsp3) is 0.300. The monoisotopic (exact) mass is 405 g/mol. The van der Waals surface area contributed by atoms with Gasteiger partial charge in [0.25, 0.3) is 0 Å². The lowest BCUT2D eigenvalue weighted by Crippen LogP contribution is -2.24. The Morgan fingerprint density at radius 3 is 2.56 bits per heavy atom. The highest BCUT2D eigenvalue weighted by Crippen LogP contribution is 2.27. The highest BCUT2D eigenvalue weighted by Gasteiger charge is 2.09. The number of benzene rings is 2. The Kier molecular flexibility index (Phi) is 7.88.